The number of amides is 3. The first kappa shape index (κ1) is 21.1. The Labute approximate surface area is 159 Å². The molecule has 0 saturated carbocycles. The molecule has 1 aliphatic rings. The highest BCUT2D eigenvalue weighted by Crippen LogP contribution is 2.21. The lowest BCUT2D eigenvalue weighted by Gasteiger charge is -2.34. The lowest BCUT2D eigenvalue weighted by atomic mass is 10.1. The smallest absolute Gasteiger partial charge is 0.321 e. The van der Waals surface area contributed by atoms with Crippen LogP contribution in [0.1, 0.15) is 25.8 Å². The molecule has 3 amide bonds. The normalized spacial score (nSPS) is 16.6. The van der Waals surface area contributed by atoms with E-state index in [-0.39, 0.29) is 24.3 Å². The fourth-order valence-electron chi connectivity index (χ4n) is 2.95. The number of rotatable bonds is 7. The lowest BCUT2D eigenvalue weighted by Crippen LogP contribution is -2.51. The van der Waals surface area contributed by atoms with Crippen molar-refractivity contribution in [1.29, 1.82) is 0 Å². The Balaban J connectivity index is 1.76. The minimum atomic E-state index is -0.453. The predicted octanol–water partition coefficient (Wildman–Crippen LogP) is 1.58. The standard InChI is InChI=1S/C19H29FN4O3/c1-4-14(2)21-19(26)22-18(25)13-24-9-7-23(8-10-24)12-15-11-16(20)5-6-17(15)27-3/h5-6,11,14H,4,7-10,12-13H2,1-3H3,(H2,21,22,25,26)/t14-/m0/s1. The van der Waals surface area contributed by atoms with E-state index in [9.17, 15) is 14.0 Å². The molecule has 1 aliphatic heterocycles. The number of urea groups is 1. The van der Waals surface area contributed by atoms with Crippen LogP contribution in [-0.4, -0.2) is 67.6 Å². The van der Waals surface area contributed by atoms with Crippen molar-refractivity contribution in [1.82, 2.24) is 20.4 Å². The summed E-state index contributed by atoms with van der Waals surface area (Å²) in [6.45, 7) is 7.56. The molecule has 0 unspecified atom stereocenters. The number of piperazine rings is 1. The third-order valence-electron chi connectivity index (χ3n) is 4.71. The van der Waals surface area contributed by atoms with Crippen molar-refractivity contribution in [2.24, 2.45) is 0 Å². The first-order chi connectivity index (χ1) is 12.9. The summed E-state index contributed by atoms with van der Waals surface area (Å²) in [5, 5.41) is 5.07. The molecule has 1 saturated heterocycles. The molecule has 2 rings (SSSR count). The van der Waals surface area contributed by atoms with Gasteiger partial charge in [0.15, 0.2) is 0 Å². The first-order valence-corrected chi connectivity index (χ1v) is 9.28. The summed E-state index contributed by atoms with van der Waals surface area (Å²) < 4.78 is 18.8. The van der Waals surface area contributed by atoms with Crippen molar-refractivity contribution in [3.05, 3.63) is 29.6 Å². The summed E-state index contributed by atoms with van der Waals surface area (Å²) in [5.41, 5.74) is 0.811. The van der Waals surface area contributed by atoms with Gasteiger partial charge in [-0.15, -0.1) is 0 Å². The molecule has 0 radical (unpaired) electrons. The fourth-order valence-corrected chi connectivity index (χ4v) is 2.95. The number of nitrogens with zero attached hydrogens (tertiary/aromatic N) is 2. The van der Waals surface area contributed by atoms with Crippen molar-refractivity contribution in [2.75, 3.05) is 39.8 Å². The van der Waals surface area contributed by atoms with E-state index in [1.165, 1.54) is 12.1 Å². The molecule has 0 spiro atoms. The highest BCUT2D eigenvalue weighted by molar-refractivity contribution is 5.95. The molecule has 27 heavy (non-hydrogen) atoms. The van der Waals surface area contributed by atoms with Crippen molar-refractivity contribution >= 4 is 11.9 Å². The maximum Gasteiger partial charge on any atom is 0.321 e. The molecule has 1 atom stereocenters. The molecule has 0 aliphatic carbocycles. The Morgan fingerprint density at radius 3 is 2.52 bits per heavy atom. The average molecular weight is 380 g/mol. The number of methoxy groups -OCH3 is 1. The monoisotopic (exact) mass is 380 g/mol. The maximum absolute atomic E-state index is 13.5. The van der Waals surface area contributed by atoms with Crippen LogP contribution in [0.4, 0.5) is 9.18 Å². The number of nitrogens with one attached hydrogen (secondary N) is 2. The van der Waals surface area contributed by atoms with Gasteiger partial charge in [-0.2, -0.15) is 0 Å². The van der Waals surface area contributed by atoms with Crippen LogP contribution in [0, 0.1) is 5.82 Å². The Morgan fingerprint density at radius 2 is 1.89 bits per heavy atom. The zero-order chi connectivity index (χ0) is 19.8. The minimum Gasteiger partial charge on any atom is -0.496 e. The van der Waals surface area contributed by atoms with Crippen LogP contribution in [0.2, 0.25) is 0 Å². The molecule has 1 aromatic carbocycles. The maximum atomic E-state index is 13.5. The Kier molecular flexibility index (Phi) is 7.99. The zero-order valence-electron chi connectivity index (χ0n) is 16.3. The van der Waals surface area contributed by atoms with Gasteiger partial charge >= 0.3 is 6.03 Å². The SMILES string of the molecule is CC[C@H](C)NC(=O)NC(=O)CN1CCN(Cc2cc(F)ccc2OC)CC1. The van der Waals surface area contributed by atoms with Gasteiger partial charge in [-0.25, -0.2) is 9.18 Å². The van der Waals surface area contributed by atoms with Crippen LogP contribution in [0.5, 0.6) is 5.75 Å². The molecule has 8 heteroatoms. The largest absolute Gasteiger partial charge is 0.496 e. The second-order valence-corrected chi connectivity index (χ2v) is 6.84. The van der Waals surface area contributed by atoms with E-state index in [0.717, 1.165) is 25.1 Å². The van der Waals surface area contributed by atoms with Gasteiger partial charge in [-0.05, 0) is 31.5 Å². The van der Waals surface area contributed by atoms with Gasteiger partial charge in [-0.3, -0.25) is 19.9 Å². The molecular weight excluding hydrogens is 351 g/mol. The van der Waals surface area contributed by atoms with E-state index in [1.54, 1.807) is 13.2 Å². The number of carbonyl (C=O) groups excluding carboxylic acids is 2. The zero-order valence-corrected chi connectivity index (χ0v) is 16.3. The molecule has 1 aromatic rings. The summed E-state index contributed by atoms with van der Waals surface area (Å²) in [5.74, 6) is 0.0818. The number of ether oxygens (including phenoxy) is 1. The summed E-state index contributed by atoms with van der Waals surface area (Å²) in [4.78, 5) is 27.9. The molecule has 0 aromatic heterocycles. The van der Waals surface area contributed by atoms with E-state index in [1.807, 2.05) is 18.7 Å². The second kappa shape index (κ2) is 10.2. The number of halogens is 1. The number of benzene rings is 1. The third kappa shape index (κ3) is 6.80. The van der Waals surface area contributed by atoms with Crippen molar-refractivity contribution < 1.29 is 18.7 Å². The van der Waals surface area contributed by atoms with E-state index >= 15 is 0 Å². The lowest BCUT2D eigenvalue weighted by molar-refractivity contribution is -0.121. The molecule has 1 fully saturated rings. The number of hydrogen-bond donors (Lipinski definition) is 2. The Hall–Kier alpha value is -2.19. The first-order valence-electron chi connectivity index (χ1n) is 9.28. The van der Waals surface area contributed by atoms with Gasteiger partial charge < -0.3 is 10.1 Å². The molecule has 150 valence electrons. The summed E-state index contributed by atoms with van der Waals surface area (Å²) in [7, 11) is 1.57. The summed E-state index contributed by atoms with van der Waals surface area (Å²) in [6.07, 6.45) is 0.805. The quantitative estimate of drug-likeness (QED) is 0.751. The molecule has 0 bridgehead atoms. The predicted molar refractivity (Wildman–Crippen MR) is 101 cm³/mol. The number of carbonyl (C=O) groups is 2. The topological polar surface area (TPSA) is 73.9 Å². The van der Waals surface area contributed by atoms with Gasteiger partial charge in [-0.1, -0.05) is 6.92 Å². The van der Waals surface area contributed by atoms with Gasteiger partial charge in [0.25, 0.3) is 0 Å². The number of imide groups is 1. The second-order valence-electron chi connectivity index (χ2n) is 6.84. The van der Waals surface area contributed by atoms with Crippen LogP contribution < -0.4 is 15.4 Å². The highest BCUT2D eigenvalue weighted by atomic mass is 19.1. The van der Waals surface area contributed by atoms with Crippen LogP contribution in [-0.2, 0) is 11.3 Å². The van der Waals surface area contributed by atoms with Crippen molar-refractivity contribution in [2.45, 2.75) is 32.9 Å². The Bertz CT molecular complexity index is 648. The average Bonchev–Trinajstić information content (AvgIpc) is 2.63. The van der Waals surface area contributed by atoms with Crippen LogP contribution in [0.3, 0.4) is 0 Å². The fraction of sp³-hybridized carbons (Fsp3) is 0.579. The van der Waals surface area contributed by atoms with E-state index in [4.69, 9.17) is 4.74 Å². The molecular formula is C19H29FN4O3. The van der Waals surface area contributed by atoms with Crippen molar-refractivity contribution in [3.8, 4) is 5.75 Å². The molecule has 7 nitrogen and oxygen atoms in total. The third-order valence-corrected chi connectivity index (χ3v) is 4.71. The minimum absolute atomic E-state index is 0.0289. The van der Waals surface area contributed by atoms with E-state index in [2.05, 4.69) is 15.5 Å². The summed E-state index contributed by atoms with van der Waals surface area (Å²) >= 11 is 0. The number of hydrogen-bond acceptors (Lipinski definition) is 5. The highest BCUT2D eigenvalue weighted by Gasteiger charge is 2.21. The van der Waals surface area contributed by atoms with Crippen LogP contribution in [0.25, 0.3) is 0 Å². The van der Waals surface area contributed by atoms with Gasteiger partial charge in [0.1, 0.15) is 11.6 Å². The molecule has 2 N–H and O–H groups in total. The van der Waals surface area contributed by atoms with Crippen LogP contribution in [0.15, 0.2) is 18.2 Å². The Morgan fingerprint density at radius 1 is 1.22 bits per heavy atom. The molecule has 1 heterocycles. The van der Waals surface area contributed by atoms with Gasteiger partial charge in [0, 0.05) is 44.3 Å². The van der Waals surface area contributed by atoms with Gasteiger partial charge in [0.05, 0.1) is 13.7 Å². The van der Waals surface area contributed by atoms with Gasteiger partial charge in [0.2, 0.25) is 5.91 Å². The van der Waals surface area contributed by atoms with E-state index < -0.39 is 6.03 Å². The summed E-state index contributed by atoms with van der Waals surface area (Å²) in [6, 6.07) is 4.09. The van der Waals surface area contributed by atoms with E-state index in [0.29, 0.717) is 25.4 Å². The van der Waals surface area contributed by atoms with Crippen LogP contribution >= 0.6 is 0 Å². The van der Waals surface area contributed by atoms with Crippen molar-refractivity contribution in [3.63, 3.8) is 0 Å².